The minimum absolute atomic E-state index is 0.0567. The minimum atomic E-state index is -1.69. The van der Waals surface area contributed by atoms with Crippen molar-refractivity contribution in [3.8, 4) is 11.8 Å². The highest BCUT2D eigenvalue weighted by atomic mass is 35.5. The minimum Gasteiger partial charge on any atom is -0.383 e. The molecule has 114 valence electrons. The molecule has 0 heterocycles. The first-order valence-corrected chi connectivity index (χ1v) is 7.31. The topological polar surface area (TPSA) is 20.2 Å². The fraction of sp³-hybridized carbons (Fsp3) is 0.222. The predicted octanol–water partition coefficient (Wildman–Crippen LogP) is 4.08. The maximum atomic E-state index is 13.9. The molecule has 0 saturated heterocycles. The van der Waals surface area contributed by atoms with Crippen molar-refractivity contribution >= 4 is 11.6 Å². The van der Waals surface area contributed by atoms with E-state index in [0.29, 0.717) is 0 Å². The molecule has 0 aliphatic heterocycles. The molecule has 2 atom stereocenters. The monoisotopic (exact) mass is 320 g/mol. The van der Waals surface area contributed by atoms with Crippen LogP contribution in [0.15, 0.2) is 48.5 Å². The second-order valence-corrected chi connectivity index (χ2v) is 5.31. The first-order valence-electron chi connectivity index (χ1n) is 6.78. The number of halogens is 3. The maximum absolute atomic E-state index is 13.9. The Balaban J connectivity index is 2.35. The quantitative estimate of drug-likeness (QED) is 0.667. The average molecular weight is 321 g/mol. The van der Waals surface area contributed by atoms with Gasteiger partial charge in [-0.25, -0.2) is 8.78 Å². The Morgan fingerprint density at radius 3 is 2.45 bits per heavy atom. The molecule has 2 aromatic rings. The van der Waals surface area contributed by atoms with Crippen molar-refractivity contribution in [2.24, 2.45) is 5.92 Å². The molecule has 4 heteroatoms. The van der Waals surface area contributed by atoms with Crippen LogP contribution in [0.5, 0.6) is 0 Å². The third-order valence-electron chi connectivity index (χ3n) is 3.52. The molecule has 2 rings (SSSR count). The second kappa shape index (κ2) is 6.91. The van der Waals surface area contributed by atoms with E-state index in [1.807, 2.05) is 30.3 Å². The Labute approximate surface area is 133 Å². The van der Waals surface area contributed by atoms with Crippen LogP contribution in [0.2, 0.25) is 0 Å². The van der Waals surface area contributed by atoms with Crippen LogP contribution in [0.1, 0.15) is 18.1 Å². The van der Waals surface area contributed by atoms with Gasteiger partial charge in [0, 0.05) is 17.2 Å². The highest BCUT2D eigenvalue weighted by Crippen LogP contribution is 2.33. The van der Waals surface area contributed by atoms with Gasteiger partial charge in [-0.15, -0.1) is 11.6 Å². The summed E-state index contributed by atoms with van der Waals surface area (Å²) in [7, 11) is 0. The molecule has 0 bridgehead atoms. The van der Waals surface area contributed by atoms with Crippen molar-refractivity contribution in [3.05, 3.63) is 71.3 Å². The van der Waals surface area contributed by atoms with Crippen molar-refractivity contribution in [3.63, 3.8) is 0 Å². The molecule has 0 saturated carbocycles. The van der Waals surface area contributed by atoms with E-state index in [0.717, 1.165) is 17.7 Å². The number of hydrogen-bond acceptors (Lipinski definition) is 1. The number of hydrogen-bond donors (Lipinski definition) is 1. The first-order chi connectivity index (χ1) is 10.5. The molecule has 0 aliphatic carbocycles. The normalized spacial score (nSPS) is 14.6. The van der Waals surface area contributed by atoms with Gasteiger partial charge < -0.3 is 5.11 Å². The van der Waals surface area contributed by atoms with Gasteiger partial charge in [0.1, 0.15) is 17.2 Å². The summed E-state index contributed by atoms with van der Waals surface area (Å²) in [6.07, 6.45) is 0. The zero-order valence-electron chi connectivity index (χ0n) is 12.0. The van der Waals surface area contributed by atoms with Gasteiger partial charge in [-0.2, -0.15) is 0 Å². The third-order valence-corrected chi connectivity index (χ3v) is 3.93. The summed E-state index contributed by atoms with van der Waals surface area (Å²) in [4.78, 5) is 0. The lowest BCUT2D eigenvalue weighted by atomic mass is 9.83. The summed E-state index contributed by atoms with van der Waals surface area (Å²) in [6, 6.07) is 12.3. The van der Waals surface area contributed by atoms with Crippen LogP contribution in [0, 0.1) is 29.4 Å². The SMILES string of the molecule is C[C@@H](C#Cc1ccccc1)[C@](O)(CCl)c1ccc(F)cc1F. The Morgan fingerprint density at radius 1 is 1.18 bits per heavy atom. The van der Waals surface area contributed by atoms with Crippen molar-refractivity contribution in [2.45, 2.75) is 12.5 Å². The molecule has 0 fully saturated rings. The molecule has 0 spiro atoms. The summed E-state index contributed by atoms with van der Waals surface area (Å²) in [5.74, 6) is 3.38. The Kier molecular flexibility index (Phi) is 5.18. The van der Waals surface area contributed by atoms with E-state index in [2.05, 4.69) is 11.8 Å². The van der Waals surface area contributed by atoms with Crippen LogP contribution in [0.4, 0.5) is 8.78 Å². The Morgan fingerprint density at radius 2 is 1.86 bits per heavy atom. The fourth-order valence-electron chi connectivity index (χ4n) is 2.09. The lowest BCUT2D eigenvalue weighted by Crippen LogP contribution is -2.36. The van der Waals surface area contributed by atoms with Crippen LogP contribution in [0.25, 0.3) is 0 Å². The van der Waals surface area contributed by atoms with E-state index in [1.165, 1.54) is 6.07 Å². The van der Waals surface area contributed by atoms with Crippen LogP contribution < -0.4 is 0 Å². The van der Waals surface area contributed by atoms with Crippen LogP contribution in [0.3, 0.4) is 0 Å². The zero-order chi connectivity index (χ0) is 16.2. The standard InChI is InChI=1S/C18H15ClF2O/c1-13(7-8-14-5-3-2-4-6-14)18(22,12-19)16-10-9-15(20)11-17(16)21/h2-6,9-11,13,22H,12H2,1H3/t13-,18+/m0/s1. The van der Waals surface area contributed by atoms with Crippen molar-refractivity contribution in [1.82, 2.24) is 0 Å². The molecule has 22 heavy (non-hydrogen) atoms. The summed E-state index contributed by atoms with van der Waals surface area (Å²) in [6.45, 7) is 1.65. The van der Waals surface area contributed by atoms with Gasteiger partial charge in [0.15, 0.2) is 0 Å². The predicted molar refractivity (Wildman–Crippen MR) is 83.5 cm³/mol. The summed E-state index contributed by atoms with van der Waals surface area (Å²) in [5.41, 5.74) is -0.967. The van der Waals surface area contributed by atoms with Gasteiger partial charge in [0.05, 0.1) is 11.8 Å². The summed E-state index contributed by atoms with van der Waals surface area (Å²) >= 11 is 5.85. The highest BCUT2D eigenvalue weighted by Gasteiger charge is 2.36. The third kappa shape index (κ3) is 3.47. The van der Waals surface area contributed by atoms with Gasteiger partial charge in [0.25, 0.3) is 0 Å². The molecule has 1 nitrogen and oxygen atoms in total. The average Bonchev–Trinajstić information content (AvgIpc) is 2.52. The van der Waals surface area contributed by atoms with E-state index in [9.17, 15) is 13.9 Å². The molecule has 0 amide bonds. The van der Waals surface area contributed by atoms with Crippen molar-refractivity contribution in [1.29, 1.82) is 0 Å². The van der Waals surface area contributed by atoms with E-state index in [-0.39, 0.29) is 11.4 Å². The fourth-order valence-corrected chi connectivity index (χ4v) is 2.47. The number of benzene rings is 2. The lowest BCUT2D eigenvalue weighted by Gasteiger charge is -2.30. The van der Waals surface area contributed by atoms with Gasteiger partial charge in [0.2, 0.25) is 0 Å². The molecule has 2 aromatic carbocycles. The van der Waals surface area contributed by atoms with Crippen LogP contribution in [-0.4, -0.2) is 11.0 Å². The van der Waals surface area contributed by atoms with Gasteiger partial charge in [-0.3, -0.25) is 0 Å². The lowest BCUT2D eigenvalue weighted by molar-refractivity contribution is 0.0241. The molecule has 0 radical (unpaired) electrons. The highest BCUT2D eigenvalue weighted by molar-refractivity contribution is 6.18. The largest absolute Gasteiger partial charge is 0.383 e. The molecule has 0 aliphatic rings. The van der Waals surface area contributed by atoms with Crippen molar-refractivity contribution in [2.75, 3.05) is 5.88 Å². The van der Waals surface area contributed by atoms with Gasteiger partial charge in [-0.1, -0.05) is 36.1 Å². The van der Waals surface area contributed by atoms with E-state index >= 15 is 0 Å². The van der Waals surface area contributed by atoms with Crippen molar-refractivity contribution < 1.29 is 13.9 Å². The Hall–Kier alpha value is -1.89. The van der Waals surface area contributed by atoms with E-state index in [1.54, 1.807) is 6.92 Å². The molecule has 1 N–H and O–H groups in total. The molecule has 0 unspecified atom stereocenters. The van der Waals surface area contributed by atoms with Gasteiger partial charge >= 0.3 is 0 Å². The number of alkyl halides is 1. The number of rotatable bonds is 3. The second-order valence-electron chi connectivity index (χ2n) is 5.04. The van der Waals surface area contributed by atoms with Gasteiger partial charge in [-0.05, 0) is 25.1 Å². The van der Waals surface area contributed by atoms with Crippen LogP contribution >= 0.6 is 11.6 Å². The smallest absolute Gasteiger partial charge is 0.132 e. The number of aliphatic hydroxyl groups is 1. The molecule has 0 aromatic heterocycles. The van der Waals surface area contributed by atoms with Crippen LogP contribution in [-0.2, 0) is 5.60 Å². The van der Waals surface area contributed by atoms with E-state index in [4.69, 9.17) is 11.6 Å². The first kappa shape index (κ1) is 16.5. The molecular formula is C18H15ClF2O. The summed E-state index contributed by atoms with van der Waals surface area (Å²) < 4.78 is 27.0. The molecular weight excluding hydrogens is 306 g/mol. The summed E-state index contributed by atoms with van der Waals surface area (Å²) in [5, 5.41) is 10.7. The van der Waals surface area contributed by atoms with E-state index < -0.39 is 23.2 Å². The maximum Gasteiger partial charge on any atom is 0.132 e. The zero-order valence-corrected chi connectivity index (χ0v) is 12.7. The Bertz CT molecular complexity index is 706.